The first-order valence-corrected chi connectivity index (χ1v) is 5.45. The summed E-state index contributed by atoms with van der Waals surface area (Å²) in [5.41, 5.74) is 0.681. The molecule has 1 aromatic carbocycles. The molecule has 1 heterocycles. The third-order valence-electron chi connectivity index (χ3n) is 2.30. The van der Waals surface area contributed by atoms with Crippen LogP contribution in [0.2, 0.25) is 5.02 Å². The van der Waals surface area contributed by atoms with Crippen LogP contribution in [0, 0.1) is 0 Å². The van der Waals surface area contributed by atoms with Gasteiger partial charge >= 0.3 is 5.97 Å². The van der Waals surface area contributed by atoms with Crippen molar-refractivity contribution in [3.63, 3.8) is 0 Å². The minimum atomic E-state index is -1.01. The van der Waals surface area contributed by atoms with Gasteiger partial charge in [0.2, 0.25) is 0 Å². The monoisotopic (exact) mass is 251 g/mol. The van der Waals surface area contributed by atoms with Gasteiger partial charge in [-0.25, -0.2) is 4.79 Å². The van der Waals surface area contributed by atoms with Crippen molar-refractivity contribution in [2.24, 2.45) is 0 Å². The van der Waals surface area contributed by atoms with Crippen LogP contribution in [-0.2, 0) is 0 Å². The highest BCUT2D eigenvalue weighted by Gasteiger charge is 2.10. The number of fused-ring (bicyclic) bond motifs is 1. The van der Waals surface area contributed by atoms with E-state index in [1.54, 1.807) is 12.1 Å². The number of nitrogens with zero attached hydrogens (tertiary/aromatic N) is 1. The van der Waals surface area contributed by atoms with Crippen LogP contribution in [0.3, 0.4) is 0 Å². The summed E-state index contributed by atoms with van der Waals surface area (Å²) in [6.07, 6.45) is 1.28. The first-order chi connectivity index (χ1) is 8.13. The topological polar surface area (TPSA) is 59.4 Å². The van der Waals surface area contributed by atoms with Crippen LogP contribution in [0.1, 0.15) is 17.3 Å². The van der Waals surface area contributed by atoms with Gasteiger partial charge in [0.1, 0.15) is 10.8 Å². The molecule has 1 aromatic heterocycles. The highest BCUT2D eigenvalue weighted by molar-refractivity contribution is 6.36. The van der Waals surface area contributed by atoms with Crippen LogP contribution in [0.4, 0.5) is 0 Å². The average molecular weight is 252 g/mol. The minimum Gasteiger partial charge on any atom is -0.492 e. The second-order valence-corrected chi connectivity index (χ2v) is 3.79. The van der Waals surface area contributed by atoms with Gasteiger partial charge in [0.15, 0.2) is 0 Å². The van der Waals surface area contributed by atoms with Gasteiger partial charge in [0, 0.05) is 11.6 Å². The maximum Gasteiger partial charge on any atom is 0.337 e. The fraction of sp³-hybridized carbons (Fsp3) is 0.167. The highest BCUT2D eigenvalue weighted by Crippen LogP contribution is 2.31. The first kappa shape index (κ1) is 11.7. The zero-order valence-corrected chi connectivity index (χ0v) is 9.86. The van der Waals surface area contributed by atoms with Gasteiger partial charge in [-0.1, -0.05) is 11.6 Å². The molecule has 0 aliphatic carbocycles. The predicted molar refractivity (Wildman–Crippen MR) is 64.9 cm³/mol. The molecule has 2 aromatic rings. The molecule has 4 nitrogen and oxygen atoms in total. The summed E-state index contributed by atoms with van der Waals surface area (Å²) in [5, 5.41) is 9.94. The van der Waals surface area contributed by atoms with Gasteiger partial charge in [0.25, 0.3) is 0 Å². The third kappa shape index (κ3) is 2.17. The second-order valence-electron chi connectivity index (χ2n) is 3.41. The van der Waals surface area contributed by atoms with Crippen molar-refractivity contribution in [2.75, 3.05) is 6.61 Å². The lowest BCUT2D eigenvalue weighted by molar-refractivity contribution is 0.0696. The molecule has 1 N–H and O–H groups in total. The molecule has 0 fully saturated rings. The Kier molecular flexibility index (Phi) is 3.15. The lowest BCUT2D eigenvalue weighted by Crippen LogP contribution is -1.98. The van der Waals surface area contributed by atoms with E-state index in [0.717, 1.165) is 0 Å². The predicted octanol–water partition coefficient (Wildman–Crippen LogP) is 2.99. The lowest BCUT2D eigenvalue weighted by Gasteiger charge is -2.07. The van der Waals surface area contributed by atoms with Gasteiger partial charge in [-0.05, 0) is 25.1 Å². The quantitative estimate of drug-likeness (QED) is 0.911. The molecule has 0 aliphatic rings. The Morgan fingerprint density at radius 3 is 2.94 bits per heavy atom. The van der Waals surface area contributed by atoms with Gasteiger partial charge in [-0.15, -0.1) is 0 Å². The van der Waals surface area contributed by atoms with Gasteiger partial charge in [-0.2, -0.15) is 0 Å². The highest BCUT2D eigenvalue weighted by atomic mass is 35.5. The molecule has 0 atom stereocenters. The second kappa shape index (κ2) is 4.59. The van der Waals surface area contributed by atoms with Crippen LogP contribution in [0.5, 0.6) is 5.75 Å². The molecular weight excluding hydrogens is 242 g/mol. The Hall–Kier alpha value is -1.81. The van der Waals surface area contributed by atoms with E-state index in [0.29, 0.717) is 28.3 Å². The van der Waals surface area contributed by atoms with E-state index in [1.807, 2.05) is 6.92 Å². The van der Waals surface area contributed by atoms with Crippen molar-refractivity contribution in [2.45, 2.75) is 6.92 Å². The molecule has 0 aliphatic heterocycles. The van der Waals surface area contributed by atoms with Crippen molar-refractivity contribution < 1.29 is 14.6 Å². The number of aromatic carboxylic acids is 1. The Morgan fingerprint density at radius 1 is 1.53 bits per heavy atom. The van der Waals surface area contributed by atoms with E-state index in [1.165, 1.54) is 12.3 Å². The Balaban J connectivity index is 2.60. The summed E-state index contributed by atoms with van der Waals surface area (Å²) in [5.74, 6) is -0.457. The molecular formula is C12H10ClNO3. The molecule has 0 radical (unpaired) electrons. The number of halogens is 1. The molecule has 0 spiro atoms. The molecule has 0 amide bonds. The normalized spacial score (nSPS) is 10.5. The van der Waals surface area contributed by atoms with E-state index in [4.69, 9.17) is 21.4 Å². The van der Waals surface area contributed by atoms with Crippen LogP contribution in [-0.4, -0.2) is 22.7 Å². The number of hydrogen-bond donors (Lipinski definition) is 1. The number of aromatic nitrogens is 1. The van der Waals surface area contributed by atoms with E-state index in [2.05, 4.69) is 4.98 Å². The molecule has 0 saturated carbocycles. The summed E-state index contributed by atoms with van der Waals surface area (Å²) < 4.78 is 5.33. The van der Waals surface area contributed by atoms with Crippen molar-refractivity contribution in [3.05, 3.63) is 35.0 Å². The van der Waals surface area contributed by atoms with Crippen LogP contribution in [0.15, 0.2) is 24.4 Å². The van der Waals surface area contributed by atoms with Crippen molar-refractivity contribution in [1.29, 1.82) is 0 Å². The number of ether oxygens (including phenoxy) is 1. The number of pyridine rings is 1. The number of carboxylic acids is 1. The SMILES string of the molecule is CCOc1ccc2cc(C(=O)O)cnc2c1Cl. The lowest BCUT2D eigenvalue weighted by atomic mass is 10.1. The summed E-state index contributed by atoms with van der Waals surface area (Å²) in [4.78, 5) is 14.9. The number of carboxylic acid groups (broad SMARTS) is 1. The molecule has 17 heavy (non-hydrogen) atoms. The Labute approximate surface area is 103 Å². The smallest absolute Gasteiger partial charge is 0.337 e. The maximum absolute atomic E-state index is 10.8. The number of carbonyl (C=O) groups is 1. The number of hydrogen-bond acceptors (Lipinski definition) is 3. The van der Waals surface area contributed by atoms with Gasteiger partial charge < -0.3 is 9.84 Å². The number of benzene rings is 1. The maximum atomic E-state index is 10.8. The average Bonchev–Trinajstić information content (AvgIpc) is 2.32. The van der Waals surface area contributed by atoms with Gasteiger partial charge in [-0.3, -0.25) is 4.98 Å². The van der Waals surface area contributed by atoms with Crippen molar-refractivity contribution >= 4 is 28.5 Å². The van der Waals surface area contributed by atoms with Crippen molar-refractivity contribution in [3.8, 4) is 5.75 Å². The molecule has 0 saturated heterocycles. The first-order valence-electron chi connectivity index (χ1n) is 5.08. The molecule has 0 bridgehead atoms. The summed E-state index contributed by atoms with van der Waals surface area (Å²) in [7, 11) is 0. The summed E-state index contributed by atoms with van der Waals surface area (Å²) in [6.45, 7) is 2.37. The molecule has 5 heteroatoms. The van der Waals surface area contributed by atoms with Crippen LogP contribution in [0.25, 0.3) is 10.9 Å². The standard InChI is InChI=1S/C12H10ClNO3/c1-2-17-9-4-3-7-5-8(12(15)16)6-14-11(7)10(9)13/h3-6H,2H2,1H3,(H,15,16). The van der Waals surface area contributed by atoms with E-state index in [9.17, 15) is 4.79 Å². The summed E-state index contributed by atoms with van der Waals surface area (Å²) in [6, 6.07) is 4.99. The van der Waals surface area contributed by atoms with E-state index >= 15 is 0 Å². The zero-order chi connectivity index (χ0) is 12.4. The summed E-state index contributed by atoms with van der Waals surface area (Å²) >= 11 is 6.12. The Morgan fingerprint density at radius 2 is 2.29 bits per heavy atom. The molecule has 2 rings (SSSR count). The fourth-order valence-corrected chi connectivity index (χ4v) is 1.81. The van der Waals surface area contributed by atoms with Gasteiger partial charge in [0.05, 0.1) is 17.7 Å². The fourth-order valence-electron chi connectivity index (χ4n) is 1.53. The number of rotatable bonds is 3. The van der Waals surface area contributed by atoms with Crippen LogP contribution >= 0.6 is 11.6 Å². The minimum absolute atomic E-state index is 0.137. The van der Waals surface area contributed by atoms with Crippen LogP contribution < -0.4 is 4.74 Å². The molecule has 88 valence electrons. The third-order valence-corrected chi connectivity index (χ3v) is 2.67. The van der Waals surface area contributed by atoms with E-state index in [-0.39, 0.29) is 5.56 Å². The largest absolute Gasteiger partial charge is 0.492 e. The molecule has 0 unspecified atom stereocenters. The van der Waals surface area contributed by atoms with E-state index < -0.39 is 5.97 Å². The Bertz CT molecular complexity index is 583. The van der Waals surface area contributed by atoms with Crippen molar-refractivity contribution in [1.82, 2.24) is 4.98 Å². The zero-order valence-electron chi connectivity index (χ0n) is 9.11.